The van der Waals surface area contributed by atoms with E-state index in [-0.39, 0.29) is 0 Å². The molecular weight excluding hydrogens is 132 g/mol. The van der Waals surface area contributed by atoms with Crippen LogP contribution in [0.15, 0.2) is 0 Å². The van der Waals surface area contributed by atoms with Crippen LogP contribution >= 0.6 is 0 Å². The molecule has 0 aliphatic rings. The predicted octanol–water partition coefficient (Wildman–Crippen LogP) is 4.25. The molecule has 11 heavy (non-hydrogen) atoms. The average Bonchev–Trinajstić information content (AvgIpc) is 2.04. The van der Waals surface area contributed by atoms with Gasteiger partial charge in [0.15, 0.2) is 0 Å². The highest BCUT2D eigenvalue weighted by Crippen LogP contribution is 2.16. The van der Waals surface area contributed by atoms with Crippen LogP contribution in [0.4, 0.5) is 0 Å². The molecule has 0 spiro atoms. The molecule has 0 aromatic rings. The van der Waals surface area contributed by atoms with Gasteiger partial charge in [0, 0.05) is 0 Å². The monoisotopic (exact) mass is 156 g/mol. The van der Waals surface area contributed by atoms with E-state index in [1.54, 1.807) is 0 Å². The molecule has 1 unspecified atom stereocenters. The van der Waals surface area contributed by atoms with Gasteiger partial charge in [0.1, 0.15) is 0 Å². The first-order chi connectivity index (χ1) is 5.20. The molecule has 0 rings (SSSR count). The summed E-state index contributed by atoms with van der Waals surface area (Å²) in [7, 11) is 0. The molecule has 0 heterocycles. The van der Waals surface area contributed by atoms with Crippen LogP contribution in [0.5, 0.6) is 0 Å². The summed E-state index contributed by atoms with van der Waals surface area (Å²) in [5, 5.41) is 0. The molecule has 0 heteroatoms. The molecule has 0 radical (unpaired) electrons. The first-order valence-corrected chi connectivity index (χ1v) is 5.20. The standard InChI is InChI=1S/C11H24/c1-5-10(3)8-7-9-11(4)6-2/h10-11H,5-9H2,1-4H3/t10-,11?/m0/s1. The minimum absolute atomic E-state index is 0.944. The van der Waals surface area contributed by atoms with Gasteiger partial charge in [-0.05, 0) is 11.8 Å². The smallest absolute Gasteiger partial charge is 0.0445 e. The Morgan fingerprint density at radius 2 is 1.18 bits per heavy atom. The largest absolute Gasteiger partial charge is 0.0651 e. The lowest BCUT2D eigenvalue weighted by Crippen LogP contribution is -1.96. The van der Waals surface area contributed by atoms with E-state index in [4.69, 9.17) is 0 Å². The summed E-state index contributed by atoms with van der Waals surface area (Å²) in [4.78, 5) is 0. The van der Waals surface area contributed by atoms with Crippen LogP contribution in [-0.4, -0.2) is 0 Å². The van der Waals surface area contributed by atoms with Crippen LogP contribution in [0.25, 0.3) is 0 Å². The van der Waals surface area contributed by atoms with Crippen LogP contribution in [0.1, 0.15) is 59.8 Å². The maximum absolute atomic E-state index is 2.36. The molecule has 68 valence electrons. The highest BCUT2D eigenvalue weighted by Gasteiger charge is 2.01. The van der Waals surface area contributed by atoms with Gasteiger partial charge >= 0.3 is 0 Å². The molecule has 0 N–H and O–H groups in total. The van der Waals surface area contributed by atoms with Gasteiger partial charge in [-0.25, -0.2) is 0 Å². The zero-order chi connectivity index (χ0) is 8.69. The molecule has 0 aliphatic heterocycles. The second-order valence-electron chi connectivity index (χ2n) is 3.96. The van der Waals surface area contributed by atoms with Crippen molar-refractivity contribution in [2.75, 3.05) is 0 Å². The molecule has 0 saturated heterocycles. The molecule has 0 nitrogen and oxygen atoms in total. The Morgan fingerprint density at radius 3 is 1.45 bits per heavy atom. The van der Waals surface area contributed by atoms with E-state index < -0.39 is 0 Å². The minimum atomic E-state index is 0.944. The van der Waals surface area contributed by atoms with E-state index in [1.165, 1.54) is 32.1 Å². The fraction of sp³-hybridized carbons (Fsp3) is 1.00. The van der Waals surface area contributed by atoms with Crippen molar-refractivity contribution in [3.63, 3.8) is 0 Å². The maximum atomic E-state index is 2.36. The Kier molecular flexibility index (Phi) is 6.69. The Morgan fingerprint density at radius 1 is 0.818 bits per heavy atom. The fourth-order valence-corrected chi connectivity index (χ4v) is 1.22. The van der Waals surface area contributed by atoms with Crippen LogP contribution in [0, 0.1) is 11.8 Å². The zero-order valence-electron chi connectivity index (χ0n) is 8.69. The second kappa shape index (κ2) is 6.69. The van der Waals surface area contributed by atoms with Crippen LogP contribution in [0.2, 0.25) is 0 Å². The number of rotatable bonds is 6. The van der Waals surface area contributed by atoms with Gasteiger partial charge in [0.25, 0.3) is 0 Å². The summed E-state index contributed by atoms with van der Waals surface area (Å²) in [5.74, 6) is 1.89. The van der Waals surface area contributed by atoms with Gasteiger partial charge in [-0.2, -0.15) is 0 Å². The second-order valence-corrected chi connectivity index (χ2v) is 3.96. The van der Waals surface area contributed by atoms with Gasteiger partial charge in [-0.15, -0.1) is 0 Å². The van der Waals surface area contributed by atoms with Crippen molar-refractivity contribution in [2.24, 2.45) is 11.8 Å². The maximum Gasteiger partial charge on any atom is -0.0445 e. The predicted molar refractivity (Wildman–Crippen MR) is 52.8 cm³/mol. The van der Waals surface area contributed by atoms with Crippen molar-refractivity contribution in [3.05, 3.63) is 0 Å². The number of hydrogen-bond donors (Lipinski definition) is 0. The Balaban J connectivity index is 3.13. The summed E-state index contributed by atoms with van der Waals surface area (Å²) in [6.07, 6.45) is 6.99. The van der Waals surface area contributed by atoms with Crippen molar-refractivity contribution >= 4 is 0 Å². The first-order valence-electron chi connectivity index (χ1n) is 5.20. The van der Waals surface area contributed by atoms with E-state index in [1.807, 2.05) is 0 Å². The lowest BCUT2D eigenvalue weighted by molar-refractivity contribution is 0.428. The van der Waals surface area contributed by atoms with Gasteiger partial charge < -0.3 is 0 Å². The minimum Gasteiger partial charge on any atom is -0.0651 e. The van der Waals surface area contributed by atoms with Crippen molar-refractivity contribution < 1.29 is 0 Å². The molecule has 0 fully saturated rings. The van der Waals surface area contributed by atoms with Gasteiger partial charge in [0.05, 0.1) is 0 Å². The van der Waals surface area contributed by atoms with Crippen molar-refractivity contribution in [2.45, 2.75) is 59.8 Å². The van der Waals surface area contributed by atoms with Crippen LogP contribution < -0.4 is 0 Å². The first kappa shape index (κ1) is 11.0. The Bertz CT molecular complexity index is 66.1. The van der Waals surface area contributed by atoms with Gasteiger partial charge in [-0.3, -0.25) is 0 Å². The highest BCUT2D eigenvalue weighted by molar-refractivity contribution is 4.54. The topological polar surface area (TPSA) is 0 Å². The molecule has 0 amide bonds. The SMILES string of the molecule is CCC(C)CCC[C@@H](C)CC. The van der Waals surface area contributed by atoms with Crippen molar-refractivity contribution in [1.82, 2.24) is 0 Å². The molecule has 0 saturated carbocycles. The van der Waals surface area contributed by atoms with Crippen LogP contribution in [0.3, 0.4) is 0 Å². The highest BCUT2D eigenvalue weighted by atomic mass is 14.1. The van der Waals surface area contributed by atoms with E-state index in [0.29, 0.717) is 0 Å². The molecule has 2 atom stereocenters. The fourth-order valence-electron chi connectivity index (χ4n) is 1.22. The summed E-state index contributed by atoms with van der Waals surface area (Å²) in [5.41, 5.74) is 0. The summed E-state index contributed by atoms with van der Waals surface area (Å²) < 4.78 is 0. The molecule has 0 aromatic carbocycles. The van der Waals surface area contributed by atoms with E-state index in [9.17, 15) is 0 Å². The number of hydrogen-bond acceptors (Lipinski definition) is 0. The molecule has 0 aliphatic carbocycles. The quantitative estimate of drug-likeness (QED) is 0.539. The van der Waals surface area contributed by atoms with E-state index >= 15 is 0 Å². The Hall–Kier alpha value is 0. The molecular formula is C11H24. The third kappa shape index (κ3) is 6.40. The van der Waals surface area contributed by atoms with Crippen molar-refractivity contribution in [3.8, 4) is 0 Å². The van der Waals surface area contributed by atoms with Gasteiger partial charge in [0.2, 0.25) is 0 Å². The van der Waals surface area contributed by atoms with Crippen molar-refractivity contribution in [1.29, 1.82) is 0 Å². The summed E-state index contributed by atoms with van der Waals surface area (Å²) >= 11 is 0. The molecule has 0 bridgehead atoms. The lowest BCUT2D eigenvalue weighted by Gasteiger charge is -2.10. The third-order valence-electron chi connectivity index (χ3n) is 2.79. The zero-order valence-corrected chi connectivity index (χ0v) is 8.69. The third-order valence-corrected chi connectivity index (χ3v) is 2.79. The summed E-state index contributed by atoms with van der Waals surface area (Å²) in [6.45, 7) is 9.29. The van der Waals surface area contributed by atoms with Gasteiger partial charge in [-0.1, -0.05) is 59.8 Å². The lowest BCUT2D eigenvalue weighted by atomic mass is 9.96. The van der Waals surface area contributed by atoms with E-state index in [2.05, 4.69) is 27.7 Å². The average molecular weight is 156 g/mol. The summed E-state index contributed by atoms with van der Waals surface area (Å²) in [6, 6.07) is 0. The van der Waals surface area contributed by atoms with E-state index in [0.717, 1.165) is 11.8 Å². The Labute approximate surface area is 72.4 Å². The molecule has 0 aromatic heterocycles. The van der Waals surface area contributed by atoms with Crippen LogP contribution in [-0.2, 0) is 0 Å². The normalized spacial score (nSPS) is 16.4.